The molecule has 0 radical (unpaired) electrons. The summed E-state index contributed by atoms with van der Waals surface area (Å²) in [5, 5.41) is 11.7. The Hall–Kier alpha value is -2.19. The molecule has 1 N–H and O–H groups in total. The van der Waals surface area contributed by atoms with Gasteiger partial charge in [0.15, 0.2) is 0 Å². The summed E-state index contributed by atoms with van der Waals surface area (Å²) >= 11 is 0. The fourth-order valence-electron chi connectivity index (χ4n) is 5.87. The first-order valence-electron chi connectivity index (χ1n) is 11.8. The molecule has 2 aromatic carbocycles. The van der Waals surface area contributed by atoms with Crippen LogP contribution in [-0.4, -0.2) is 50.9 Å². The number of fused-ring (bicyclic) bond motifs is 3. The zero-order valence-electron chi connectivity index (χ0n) is 19.2. The molecule has 0 aliphatic carbocycles. The first-order valence-corrected chi connectivity index (χ1v) is 13.2. The highest BCUT2D eigenvalue weighted by atomic mass is 32.2. The molecule has 0 saturated carbocycles. The van der Waals surface area contributed by atoms with Gasteiger partial charge in [0.05, 0.1) is 17.2 Å². The largest absolute Gasteiger partial charge is 0.396 e. The second-order valence-corrected chi connectivity index (χ2v) is 11.3. The molecular weight excluding hydrogens is 436 g/mol. The summed E-state index contributed by atoms with van der Waals surface area (Å²) in [7, 11) is -3.64. The zero-order valence-corrected chi connectivity index (χ0v) is 20.0. The predicted octanol–water partition coefficient (Wildman–Crippen LogP) is 3.87. The number of sulfonamides is 1. The molecule has 7 heteroatoms. The summed E-state index contributed by atoms with van der Waals surface area (Å²) in [5.74, 6) is 0.722. The average Bonchev–Trinajstić information content (AvgIpc) is 3.33. The number of hydroxylamine groups is 2. The van der Waals surface area contributed by atoms with Crippen molar-refractivity contribution in [2.24, 2.45) is 11.8 Å². The Kier molecular flexibility index (Phi) is 6.07. The van der Waals surface area contributed by atoms with Crippen molar-refractivity contribution >= 4 is 15.7 Å². The van der Waals surface area contributed by atoms with E-state index in [2.05, 4.69) is 24.1 Å². The molecule has 33 heavy (non-hydrogen) atoms. The summed E-state index contributed by atoms with van der Waals surface area (Å²) < 4.78 is 28.7. The Bertz CT molecular complexity index is 1150. The van der Waals surface area contributed by atoms with Gasteiger partial charge in [0.1, 0.15) is 0 Å². The fourth-order valence-corrected chi connectivity index (χ4v) is 7.41. The molecule has 0 aromatic heterocycles. The van der Waals surface area contributed by atoms with Crippen molar-refractivity contribution in [2.75, 3.05) is 30.6 Å². The van der Waals surface area contributed by atoms with Crippen molar-refractivity contribution in [3.05, 3.63) is 71.3 Å². The molecule has 2 bridgehead atoms. The molecule has 0 amide bonds. The van der Waals surface area contributed by atoms with Crippen LogP contribution in [0.5, 0.6) is 0 Å². The molecule has 176 valence electrons. The number of piperidine rings is 1. The maximum Gasteiger partial charge on any atom is 0.264 e. The van der Waals surface area contributed by atoms with E-state index in [-0.39, 0.29) is 18.6 Å². The maximum absolute atomic E-state index is 13.6. The van der Waals surface area contributed by atoms with Crippen molar-refractivity contribution in [1.82, 2.24) is 5.06 Å². The lowest BCUT2D eigenvalue weighted by atomic mass is 9.74. The normalized spacial score (nSPS) is 30.1. The Morgan fingerprint density at radius 2 is 1.91 bits per heavy atom. The maximum atomic E-state index is 13.6. The highest BCUT2D eigenvalue weighted by Crippen LogP contribution is 2.47. The number of aryl methyl sites for hydroxylation is 1. The lowest BCUT2D eigenvalue weighted by molar-refractivity contribution is -0.129. The first kappa shape index (κ1) is 22.6. The van der Waals surface area contributed by atoms with Crippen LogP contribution in [0.25, 0.3) is 0 Å². The van der Waals surface area contributed by atoms with E-state index in [1.165, 1.54) is 5.57 Å². The van der Waals surface area contributed by atoms with Crippen LogP contribution in [0.4, 0.5) is 5.69 Å². The number of hydrogen-bond acceptors (Lipinski definition) is 5. The summed E-state index contributed by atoms with van der Waals surface area (Å²) in [6.45, 7) is 6.03. The summed E-state index contributed by atoms with van der Waals surface area (Å²) in [4.78, 5) is 6.38. The quantitative estimate of drug-likeness (QED) is 0.652. The van der Waals surface area contributed by atoms with Gasteiger partial charge in [0.25, 0.3) is 10.0 Å². The Labute approximate surface area is 196 Å². The van der Waals surface area contributed by atoms with Gasteiger partial charge in [-0.25, -0.2) is 8.42 Å². The third-order valence-electron chi connectivity index (χ3n) is 7.61. The standard InChI is InChI=1S/C26H32N2O4S/c1-3-19-15-27-26(24(17-32-27)22(19)12-13-29)14-20-16-28(25-7-5-4-6-23(20)25)33(30,31)21-10-8-18(2)9-11-21/h3-11,20,22,24,26,29H,12-17H2,1-2H3/b19-3+. The van der Waals surface area contributed by atoms with Crippen LogP contribution in [0, 0.1) is 18.8 Å². The zero-order chi connectivity index (χ0) is 23.2. The Balaban J connectivity index is 1.43. The molecule has 3 aliphatic rings. The SMILES string of the molecule is C/C=C1\CN2OCC(C1CCO)C2CC1CN(S(=O)(=O)c2ccc(C)cc2)c2ccccc21. The lowest BCUT2D eigenvalue weighted by Crippen LogP contribution is -2.44. The van der Waals surface area contributed by atoms with E-state index < -0.39 is 10.0 Å². The highest BCUT2D eigenvalue weighted by Gasteiger charge is 2.48. The van der Waals surface area contributed by atoms with Crippen molar-refractivity contribution in [1.29, 1.82) is 0 Å². The Morgan fingerprint density at radius 3 is 2.64 bits per heavy atom. The minimum atomic E-state index is -3.64. The summed E-state index contributed by atoms with van der Waals surface area (Å²) in [5.41, 5.74) is 4.24. The van der Waals surface area contributed by atoms with Crippen LogP contribution >= 0.6 is 0 Å². The van der Waals surface area contributed by atoms with Crippen molar-refractivity contribution in [2.45, 2.75) is 43.5 Å². The molecule has 2 aromatic rings. The predicted molar refractivity (Wildman–Crippen MR) is 128 cm³/mol. The smallest absolute Gasteiger partial charge is 0.264 e. The van der Waals surface area contributed by atoms with Crippen LogP contribution in [0.2, 0.25) is 0 Å². The Morgan fingerprint density at radius 1 is 1.15 bits per heavy atom. The van der Waals surface area contributed by atoms with Crippen LogP contribution in [0.1, 0.15) is 36.8 Å². The van der Waals surface area contributed by atoms with Gasteiger partial charge in [-0.1, -0.05) is 47.5 Å². The number of hydrogen-bond donors (Lipinski definition) is 1. The number of benzene rings is 2. The van der Waals surface area contributed by atoms with E-state index in [0.717, 1.165) is 36.2 Å². The van der Waals surface area contributed by atoms with Gasteiger partial charge in [-0.15, -0.1) is 0 Å². The molecule has 6 nitrogen and oxygen atoms in total. The van der Waals surface area contributed by atoms with Gasteiger partial charge in [-0.2, -0.15) is 5.06 Å². The van der Waals surface area contributed by atoms with Gasteiger partial charge < -0.3 is 5.11 Å². The van der Waals surface area contributed by atoms with Gasteiger partial charge >= 0.3 is 0 Å². The number of allylic oxidation sites excluding steroid dienone is 1. The van der Waals surface area contributed by atoms with Gasteiger partial charge in [0, 0.05) is 37.6 Å². The van der Waals surface area contributed by atoms with E-state index in [1.54, 1.807) is 16.4 Å². The van der Waals surface area contributed by atoms with E-state index >= 15 is 0 Å². The van der Waals surface area contributed by atoms with Crippen LogP contribution in [0.15, 0.2) is 65.1 Å². The van der Waals surface area contributed by atoms with E-state index in [0.29, 0.717) is 29.9 Å². The molecular formula is C26H32N2O4S. The monoisotopic (exact) mass is 468 g/mol. The van der Waals surface area contributed by atoms with E-state index in [1.807, 2.05) is 37.3 Å². The summed E-state index contributed by atoms with van der Waals surface area (Å²) in [6, 6.07) is 15.2. The van der Waals surface area contributed by atoms with Gasteiger partial charge in [-0.05, 0) is 56.4 Å². The van der Waals surface area contributed by atoms with E-state index in [4.69, 9.17) is 4.84 Å². The summed E-state index contributed by atoms with van der Waals surface area (Å²) in [6.07, 6.45) is 3.74. The third kappa shape index (κ3) is 3.91. The van der Waals surface area contributed by atoms with Gasteiger partial charge in [0.2, 0.25) is 0 Å². The fraction of sp³-hybridized carbons (Fsp3) is 0.462. The molecule has 3 heterocycles. The van der Waals surface area contributed by atoms with Crippen LogP contribution < -0.4 is 4.31 Å². The van der Waals surface area contributed by atoms with Crippen molar-refractivity contribution in [3.8, 4) is 0 Å². The number of nitrogens with zero attached hydrogens (tertiary/aromatic N) is 2. The van der Waals surface area contributed by atoms with Crippen molar-refractivity contribution < 1.29 is 18.4 Å². The second kappa shape index (κ2) is 8.87. The number of para-hydroxylation sites is 1. The molecule has 5 atom stereocenters. The molecule has 5 unspecified atom stereocenters. The number of aliphatic hydroxyl groups is 1. The number of anilines is 1. The molecule has 3 aliphatic heterocycles. The molecule has 2 saturated heterocycles. The molecule has 5 rings (SSSR count). The van der Waals surface area contributed by atoms with Crippen LogP contribution in [-0.2, 0) is 14.9 Å². The highest BCUT2D eigenvalue weighted by molar-refractivity contribution is 7.92. The molecule has 2 fully saturated rings. The third-order valence-corrected chi connectivity index (χ3v) is 9.40. The lowest BCUT2D eigenvalue weighted by Gasteiger charge is -2.39. The van der Waals surface area contributed by atoms with Gasteiger partial charge in [-0.3, -0.25) is 9.14 Å². The first-order chi connectivity index (χ1) is 15.9. The van der Waals surface area contributed by atoms with Crippen LogP contribution in [0.3, 0.4) is 0 Å². The van der Waals surface area contributed by atoms with E-state index in [9.17, 15) is 13.5 Å². The number of rotatable bonds is 6. The minimum Gasteiger partial charge on any atom is -0.396 e. The average molecular weight is 469 g/mol. The molecule has 0 spiro atoms. The second-order valence-electron chi connectivity index (χ2n) is 9.43. The minimum absolute atomic E-state index is 0.0973. The van der Waals surface area contributed by atoms with Crippen molar-refractivity contribution in [3.63, 3.8) is 0 Å². The topological polar surface area (TPSA) is 70.1 Å². The number of aliphatic hydroxyl groups excluding tert-OH is 1.